The van der Waals surface area contributed by atoms with Crippen molar-refractivity contribution in [2.75, 3.05) is 13.7 Å². The maximum absolute atomic E-state index is 14.9. The van der Waals surface area contributed by atoms with E-state index in [0.717, 1.165) is 6.08 Å². The highest BCUT2D eigenvalue weighted by Gasteiger charge is 2.27. The van der Waals surface area contributed by atoms with Crippen LogP contribution in [0.2, 0.25) is 0 Å². The molecule has 170 valence electrons. The molecule has 1 aliphatic rings. The van der Waals surface area contributed by atoms with Gasteiger partial charge in [-0.1, -0.05) is 37.4 Å². The third-order valence-electron chi connectivity index (χ3n) is 5.79. The monoisotopic (exact) mass is 444 g/mol. The number of phenolic OH excluding ortho intramolecular Hbond substituents is 1. The minimum absolute atomic E-state index is 0.0407. The van der Waals surface area contributed by atoms with Crippen LogP contribution in [0.15, 0.2) is 72.8 Å². The van der Waals surface area contributed by atoms with E-state index in [-0.39, 0.29) is 41.3 Å². The minimum atomic E-state index is -0.886. The van der Waals surface area contributed by atoms with Crippen molar-refractivity contribution < 1.29 is 27.8 Å². The molecule has 0 aromatic heterocycles. The van der Waals surface area contributed by atoms with Gasteiger partial charge in [-0.25, -0.2) is 13.2 Å². The van der Waals surface area contributed by atoms with Crippen molar-refractivity contribution in [1.82, 2.24) is 0 Å². The van der Waals surface area contributed by atoms with Crippen LogP contribution in [0.1, 0.15) is 37.2 Å². The Bertz CT molecular complexity index is 1000. The van der Waals surface area contributed by atoms with Gasteiger partial charge < -0.3 is 14.6 Å². The van der Waals surface area contributed by atoms with Crippen LogP contribution in [0, 0.1) is 11.6 Å². The van der Waals surface area contributed by atoms with Crippen molar-refractivity contribution in [2.24, 2.45) is 0 Å². The predicted molar refractivity (Wildman–Crippen MR) is 119 cm³/mol. The van der Waals surface area contributed by atoms with Gasteiger partial charge in [-0.15, -0.1) is 0 Å². The summed E-state index contributed by atoms with van der Waals surface area (Å²) in [5.74, 6) is -2.12. The molecule has 0 heterocycles. The second kappa shape index (κ2) is 10.6. The maximum atomic E-state index is 14.9. The molecule has 6 heteroatoms. The highest BCUT2D eigenvalue weighted by molar-refractivity contribution is 5.65. The van der Waals surface area contributed by atoms with E-state index in [1.165, 1.54) is 19.2 Å². The lowest BCUT2D eigenvalue weighted by atomic mass is 9.82. The number of hydrogen-bond acceptors (Lipinski definition) is 3. The second-order valence-corrected chi connectivity index (χ2v) is 7.93. The van der Waals surface area contributed by atoms with Crippen LogP contribution in [-0.4, -0.2) is 24.9 Å². The van der Waals surface area contributed by atoms with E-state index >= 15 is 0 Å². The van der Waals surface area contributed by atoms with Gasteiger partial charge in [0.1, 0.15) is 17.3 Å². The van der Waals surface area contributed by atoms with E-state index in [9.17, 15) is 18.3 Å². The van der Waals surface area contributed by atoms with Crippen LogP contribution in [0.3, 0.4) is 0 Å². The summed E-state index contributed by atoms with van der Waals surface area (Å²) in [6.07, 6.45) is 3.67. The van der Waals surface area contributed by atoms with Crippen LogP contribution in [0.5, 0.6) is 5.75 Å². The number of methoxy groups -OCH3 is 1. The number of hydrogen-bond donors (Lipinski definition) is 1. The van der Waals surface area contributed by atoms with Crippen molar-refractivity contribution in [1.29, 1.82) is 0 Å². The standard InChI is InChI=1S/C26H27F3O3/c1-16(24(27)14-17(2)31-3)15-32-21-10-6-19(7-11-21)23-13-12-22(25(28)26(23)29)18-4-8-20(30)9-5-18/h4-5,8-9,12-14,19,21,30H,1-2,6-7,10-11,15H2,3H3/b24-14+. The van der Waals surface area contributed by atoms with Gasteiger partial charge in [0.25, 0.3) is 0 Å². The molecule has 0 amide bonds. The Morgan fingerprint density at radius 3 is 2.31 bits per heavy atom. The molecule has 0 saturated heterocycles. The molecule has 0 spiro atoms. The first kappa shape index (κ1) is 23.7. The molecular formula is C26H27F3O3. The van der Waals surface area contributed by atoms with Crippen molar-refractivity contribution in [3.8, 4) is 16.9 Å². The van der Waals surface area contributed by atoms with E-state index < -0.39 is 17.5 Å². The first-order chi connectivity index (χ1) is 15.3. The quantitative estimate of drug-likeness (QED) is 0.354. The predicted octanol–water partition coefficient (Wildman–Crippen LogP) is 6.95. The summed E-state index contributed by atoms with van der Waals surface area (Å²) in [5, 5.41) is 9.39. The van der Waals surface area contributed by atoms with Gasteiger partial charge in [-0.05, 0) is 54.9 Å². The second-order valence-electron chi connectivity index (χ2n) is 7.93. The molecule has 0 unspecified atom stereocenters. The lowest BCUT2D eigenvalue weighted by Gasteiger charge is -2.29. The Labute approximate surface area is 186 Å². The zero-order chi connectivity index (χ0) is 23.3. The van der Waals surface area contributed by atoms with Crippen molar-refractivity contribution in [3.05, 3.63) is 90.0 Å². The number of rotatable bonds is 8. The Kier molecular flexibility index (Phi) is 7.80. The zero-order valence-electron chi connectivity index (χ0n) is 18.0. The van der Waals surface area contributed by atoms with Crippen LogP contribution in [0.4, 0.5) is 13.2 Å². The first-order valence-electron chi connectivity index (χ1n) is 10.5. The molecule has 0 aliphatic heterocycles. The molecule has 3 nitrogen and oxygen atoms in total. The number of ether oxygens (including phenoxy) is 2. The van der Waals surface area contributed by atoms with Gasteiger partial charge in [-0.2, -0.15) is 0 Å². The molecule has 2 aromatic carbocycles. The Morgan fingerprint density at radius 1 is 1.03 bits per heavy atom. The average Bonchev–Trinajstić information content (AvgIpc) is 2.80. The molecule has 1 fully saturated rings. The Hall–Kier alpha value is -2.99. The minimum Gasteiger partial charge on any atom is -0.508 e. The van der Waals surface area contributed by atoms with Gasteiger partial charge in [-0.3, -0.25) is 0 Å². The molecule has 1 saturated carbocycles. The highest BCUT2D eigenvalue weighted by atomic mass is 19.2. The van der Waals surface area contributed by atoms with Gasteiger partial charge in [0.15, 0.2) is 11.6 Å². The topological polar surface area (TPSA) is 38.7 Å². The van der Waals surface area contributed by atoms with Crippen LogP contribution < -0.4 is 0 Å². The molecule has 0 bridgehead atoms. The summed E-state index contributed by atoms with van der Waals surface area (Å²) < 4.78 is 54.2. The molecule has 0 radical (unpaired) electrons. The van der Waals surface area contributed by atoms with Crippen LogP contribution >= 0.6 is 0 Å². The van der Waals surface area contributed by atoms with E-state index in [1.807, 2.05) is 0 Å². The van der Waals surface area contributed by atoms with Crippen molar-refractivity contribution in [2.45, 2.75) is 37.7 Å². The number of phenols is 1. The molecular weight excluding hydrogens is 417 g/mol. The van der Waals surface area contributed by atoms with Gasteiger partial charge in [0, 0.05) is 17.2 Å². The number of benzene rings is 2. The summed E-state index contributed by atoms with van der Waals surface area (Å²) in [6, 6.07) is 9.18. The van der Waals surface area contributed by atoms with Crippen LogP contribution in [0.25, 0.3) is 11.1 Å². The summed E-state index contributed by atoms with van der Waals surface area (Å²) in [6.45, 7) is 7.25. The number of aromatic hydroxyl groups is 1. The van der Waals surface area contributed by atoms with E-state index in [4.69, 9.17) is 9.47 Å². The SMILES string of the molecule is C=C(/C=C(/F)C(=C)COC1CCC(c2ccc(-c3ccc(O)cc3)c(F)c2F)CC1)OC. The fourth-order valence-corrected chi connectivity index (χ4v) is 3.87. The van der Waals surface area contributed by atoms with E-state index in [2.05, 4.69) is 13.2 Å². The molecule has 32 heavy (non-hydrogen) atoms. The summed E-state index contributed by atoms with van der Waals surface area (Å²) >= 11 is 0. The van der Waals surface area contributed by atoms with E-state index in [1.54, 1.807) is 24.3 Å². The summed E-state index contributed by atoms with van der Waals surface area (Å²) in [7, 11) is 1.40. The van der Waals surface area contributed by atoms with Gasteiger partial charge in [0.2, 0.25) is 0 Å². The van der Waals surface area contributed by atoms with E-state index in [0.29, 0.717) is 36.8 Å². The maximum Gasteiger partial charge on any atom is 0.166 e. The normalized spacial score (nSPS) is 18.9. The fourth-order valence-electron chi connectivity index (χ4n) is 3.87. The Balaban J connectivity index is 1.59. The molecule has 0 atom stereocenters. The Morgan fingerprint density at radius 2 is 1.69 bits per heavy atom. The molecule has 1 aliphatic carbocycles. The third-order valence-corrected chi connectivity index (χ3v) is 5.79. The van der Waals surface area contributed by atoms with Gasteiger partial charge in [0.05, 0.1) is 19.8 Å². The van der Waals surface area contributed by atoms with Crippen molar-refractivity contribution in [3.63, 3.8) is 0 Å². The zero-order valence-corrected chi connectivity index (χ0v) is 18.0. The summed E-state index contributed by atoms with van der Waals surface area (Å²) in [5.41, 5.74) is 1.22. The number of halogens is 3. The lowest BCUT2D eigenvalue weighted by molar-refractivity contribution is 0.0382. The fraction of sp³-hybridized carbons (Fsp3) is 0.308. The average molecular weight is 444 g/mol. The molecule has 2 aromatic rings. The first-order valence-corrected chi connectivity index (χ1v) is 10.5. The lowest BCUT2D eigenvalue weighted by Crippen LogP contribution is -2.22. The molecule has 3 rings (SSSR count). The molecule has 1 N–H and O–H groups in total. The number of allylic oxidation sites excluding steroid dienone is 1. The third kappa shape index (κ3) is 5.62. The highest BCUT2D eigenvalue weighted by Crippen LogP contribution is 2.38. The smallest absolute Gasteiger partial charge is 0.166 e. The summed E-state index contributed by atoms with van der Waals surface area (Å²) in [4.78, 5) is 0. The largest absolute Gasteiger partial charge is 0.508 e. The van der Waals surface area contributed by atoms with Crippen LogP contribution in [-0.2, 0) is 9.47 Å². The van der Waals surface area contributed by atoms with Crippen molar-refractivity contribution >= 4 is 0 Å². The van der Waals surface area contributed by atoms with Gasteiger partial charge >= 0.3 is 0 Å².